The minimum Gasteiger partial charge on any atom is -0.300 e. The smallest absolute Gasteiger partial charge is 0.159 e. The van der Waals surface area contributed by atoms with E-state index < -0.39 is 0 Å². The molecule has 3 aromatic rings. The number of carbonyl (C=O) groups is 2. The Hall–Kier alpha value is -2.81. The largest absolute Gasteiger partial charge is 0.300 e. The van der Waals surface area contributed by atoms with Gasteiger partial charge in [-0.05, 0) is 65.1 Å². The number of halogens is 1. The Kier molecular flexibility index (Phi) is 5.27. The molecule has 0 heterocycles. The van der Waals surface area contributed by atoms with Crippen molar-refractivity contribution in [2.45, 2.75) is 33.1 Å². The van der Waals surface area contributed by atoms with Crippen LogP contribution in [0.3, 0.4) is 0 Å². The number of rotatable bonds is 6. The SMILES string of the molecule is CCC(=O)CCc1cc(F)cc(-c2cc(C(C)=O)cc3ccccc23)c1. The summed E-state index contributed by atoms with van der Waals surface area (Å²) in [6.07, 6.45) is 1.42. The summed E-state index contributed by atoms with van der Waals surface area (Å²) in [7, 11) is 0. The van der Waals surface area contributed by atoms with Crippen molar-refractivity contribution < 1.29 is 14.0 Å². The van der Waals surface area contributed by atoms with Gasteiger partial charge in [0.15, 0.2) is 5.78 Å². The highest BCUT2D eigenvalue weighted by atomic mass is 19.1. The Bertz CT molecular complexity index is 989. The Morgan fingerprint density at radius 1 is 1.00 bits per heavy atom. The minimum absolute atomic E-state index is 0.0258. The van der Waals surface area contributed by atoms with Gasteiger partial charge in [0.05, 0.1) is 0 Å². The monoisotopic (exact) mass is 348 g/mol. The Morgan fingerprint density at radius 3 is 2.50 bits per heavy atom. The average Bonchev–Trinajstić information content (AvgIpc) is 2.64. The maximum atomic E-state index is 14.2. The molecule has 0 aliphatic rings. The van der Waals surface area contributed by atoms with E-state index in [1.54, 1.807) is 0 Å². The number of aryl methyl sites for hydroxylation is 1. The molecule has 0 fully saturated rings. The molecule has 0 bridgehead atoms. The number of fused-ring (bicyclic) bond motifs is 1. The van der Waals surface area contributed by atoms with E-state index in [2.05, 4.69) is 0 Å². The van der Waals surface area contributed by atoms with Crippen molar-refractivity contribution in [2.75, 3.05) is 0 Å². The second kappa shape index (κ2) is 7.61. The van der Waals surface area contributed by atoms with E-state index in [9.17, 15) is 14.0 Å². The third-order valence-corrected chi connectivity index (χ3v) is 4.62. The summed E-state index contributed by atoms with van der Waals surface area (Å²) in [5.74, 6) is -0.194. The van der Waals surface area contributed by atoms with Gasteiger partial charge >= 0.3 is 0 Å². The van der Waals surface area contributed by atoms with Crippen molar-refractivity contribution in [3.63, 3.8) is 0 Å². The van der Waals surface area contributed by atoms with E-state index in [0.717, 1.165) is 27.5 Å². The van der Waals surface area contributed by atoms with Crippen LogP contribution in [0.1, 0.15) is 42.6 Å². The van der Waals surface area contributed by atoms with Crippen LogP contribution in [0.5, 0.6) is 0 Å². The molecule has 3 aromatic carbocycles. The third-order valence-electron chi connectivity index (χ3n) is 4.62. The van der Waals surface area contributed by atoms with Crippen molar-refractivity contribution >= 4 is 22.3 Å². The van der Waals surface area contributed by atoms with Gasteiger partial charge in [0.2, 0.25) is 0 Å². The molecule has 2 nitrogen and oxygen atoms in total. The van der Waals surface area contributed by atoms with Gasteiger partial charge in [0, 0.05) is 18.4 Å². The molecule has 0 aliphatic heterocycles. The summed E-state index contributed by atoms with van der Waals surface area (Å²) in [4.78, 5) is 23.5. The van der Waals surface area contributed by atoms with Gasteiger partial charge in [-0.2, -0.15) is 0 Å². The number of hydrogen-bond acceptors (Lipinski definition) is 2. The molecule has 26 heavy (non-hydrogen) atoms. The molecule has 0 aromatic heterocycles. The van der Waals surface area contributed by atoms with Gasteiger partial charge in [0.1, 0.15) is 11.6 Å². The summed E-state index contributed by atoms with van der Waals surface area (Å²) in [6.45, 7) is 3.36. The van der Waals surface area contributed by atoms with Gasteiger partial charge < -0.3 is 0 Å². The zero-order valence-corrected chi connectivity index (χ0v) is 15.0. The third kappa shape index (κ3) is 3.88. The number of carbonyl (C=O) groups excluding carboxylic acids is 2. The molecule has 0 saturated carbocycles. The molecular weight excluding hydrogens is 327 g/mol. The first-order chi connectivity index (χ1) is 12.5. The normalized spacial score (nSPS) is 10.9. The molecule has 0 saturated heterocycles. The molecule has 3 rings (SSSR count). The van der Waals surface area contributed by atoms with Crippen molar-refractivity contribution in [2.24, 2.45) is 0 Å². The number of benzene rings is 3. The summed E-state index contributed by atoms with van der Waals surface area (Å²) in [5.41, 5.74) is 2.95. The average molecular weight is 348 g/mol. The van der Waals surface area contributed by atoms with Crippen LogP contribution >= 0.6 is 0 Å². The highest BCUT2D eigenvalue weighted by Gasteiger charge is 2.11. The molecule has 0 unspecified atom stereocenters. The fourth-order valence-corrected chi connectivity index (χ4v) is 3.16. The van der Waals surface area contributed by atoms with Crippen LogP contribution < -0.4 is 0 Å². The van der Waals surface area contributed by atoms with Gasteiger partial charge in [-0.25, -0.2) is 4.39 Å². The number of hydrogen-bond donors (Lipinski definition) is 0. The van der Waals surface area contributed by atoms with Crippen LogP contribution in [0.2, 0.25) is 0 Å². The maximum absolute atomic E-state index is 14.2. The van der Waals surface area contributed by atoms with Crippen LogP contribution in [-0.4, -0.2) is 11.6 Å². The van der Waals surface area contributed by atoms with E-state index in [-0.39, 0.29) is 17.4 Å². The second-order valence-electron chi connectivity index (χ2n) is 6.54. The van der Waals surface area contributed by atoms with Gasteiger partial charge in [0.25, 0.3) is 0 Å². The van der Waals surface area contributed by atoms with E-state index in [1.165, 1.54) is 19.1 Å². The molecule has 0 aliphatic carbocycles. The lowest BCUT2D eigenvalue weighted by molar-refractivity contribution is -0.118. The number of ketones is 2. The van der Waals surface area contributed by atoms with E-state index in [0.29, 0.717) is 24.8 Å². The van der Waals surface area contributed by atoms with E-state index in [4.69, 9.17) is 0 Å². The Labute approximate surface area is 152 Å². The van der Waals surface area contributed by atoms with Gasteiger partial charge in [-0.3, -0.25) is 9.59 Å². The lowest BCUT2D eigenvalue weighted by Gasteiger charge is -2.11. The van der Waals surface area contributed by atoms with Crippen molar-refractivity contribution in [3.8, 4) is 11.1 Å². The van der Waals surface area contributed by atoms with E-state index in [1.807, 2.05) is 49.4 Å². The lowest BCUT2D eigenvalue weighted by atomic mass is 9.93. The molecule has 0 atom stereocenters. The van der Waals surface area contributed by atoms with Gasteiger partial charge in [-0.1, -0.05) is 37.3 Å². The molecule has 132 valence electrons. The minimum atomic E-state index is -0.334. The van der Waals surface area contributed by atoms with Crippen LogP contribution in [0.25, 0.3) is 21.9 Å². The predicted molar refractivity (Wildman–Crippen MR) is 103 cm³/mol. The first-order valence-corrected chi connectivity index (χ1v) is 8.83. The molecule has 3 heteroatoms. The lowest BCUT2D eigenvalue weighted by Crippen LogP contribution is -1.99. The fraction of sp³-hybridized carbons (Fsp3) is 0.217. The summed E-state index contributed by atoms with van der Waals surface area (Å²) < 4.78 is 14.2. The first kappa shape index (κ1) is 18.0. The van der Waals surface area contributed by atoms with Crippen molar-refractivity contribution in [3.05, 3.63) is 71.5 Å². The zero-order valence-electron chi connectivity index (χ0n) is 15.0. The second-order valence-corrected chi connectivity index (χ2v) is 6.54. The summed E-state index contributed by atoms with van der Waals surface area (Å²) >= 11 is 0. The zero-order chi connectivity index (χ0) is 18.7. The molecule has 0 amide bonds. The van der Waals surface area contributed by atoms with Crippen LogP contribution in [0.15, 0.2) is 54.6 Å². The quantitative estimate of drug-likeness (QED) is 0.531. The standard InChI is InChI=1S/C23H21FO2/c1-3-21(26)9-8-16-10-19(13-20(24)11-16)23-14-18(15(2)25)12-17-6-4-5-7-22(17)23/h4-7,10-14H,3,8-9H2,1-2H3. The summed E-state index contributed by atoms with van der Waals surface area (Å²) in [5, 5.41) is 1.92. The van der Waals surface area contributed by atoms with Crippen molar-refractivity contribution in [1.82, 2.24) is 0 Å². The van der Waals surface area contributed by atoms with Gasteiger partial charge in [-0.15, -0.1) is 0 Å². The van der Waals surface area contributed by atoms with Crippen LogP contribution in [-0.2, 0) is 11.2 Å². The molecule has 0 spiro atoms. The van der Waals surface area contributed by atoms with Crippen LogP contribution in [0, 0.1) is 5.82 Å². The highest BCUT2D eigenvalue weighted by molar-refractivity contribution is 6.04. The first-order valence-electron chi connectivity index (χ1n) is 8.83. The van der Waals surface area contributed by atoms with Crippen LogP contribution in [0.4, 0.5) is 4.39 Å². The molecule has 0 N–H and O–H groups in total. The number of Topliss-reactive ketones (excluding diaryl/α,β-unsaturated/α-hetero) is 2. The topological polar surface area (TPSA) is 34.1 Å². The summed E-state index contributed by atoms with van der Waals surface area (Å²) in [6, 6.07) is 16.3. The Morgan fingerprint density at radius 2 is 1.77 bits per heavy atom. The van der Waals surface area contributed by atoms with Crippen molar-refractivity contribution in [1.29, 1.82) is 0 Å². The predicted octanol–water partition coefficient (Wildman–Crippen LogP) is 5.76. The molecule has 0 radical (unpaired) electrons. The van der Waals surface area contributed by atoms with E-state index >= 15 is 0 Å². The fourth-order valence-electron chi connectivity index (χ4n) is 3.16. The Balaban J connectivity index is 2.12. The highest BCUT2D eigenvalue weighted by Crippen LogP contribution is 2.32. The molecular formula is C23H21FO2. The maximum Gasteiger partial charge on any atom is 0.159 e.